The molecule has 0 bridgehead atoms. The summed E-state index contributed by atoms with van der Waals surface area (Å²) in [5.74, 6) is -0.213. The van der Waals surface area contributed by atoms with E-state index in [4.69, 9.17) is 9.15 Å². The average Bonchev–Trinajstić information content (AvgIpc) is 3.29. The Morgan fingerprint density at radius 1 is 0.800 bits per heavy atom. The molecule has 1 aromatic heterocycles. The molecular formula is C23H15BrN2O4. The van der Waals surface area contributed by atoms with Gasteiger partial charge in [0.15, 0.2) is 12.4 Å². The van der Waals surface area contributed by atoms with Crippen molar-refractivity contribution >= 4 is 27.7 Å². The van der Waals surface area contributed by atoms with Gasteiger partial charge in [-0.25, -0.2) is 4.79 Å². The maximum Gasteiger partial charge on any atom is 0.338 e. The van der Waals surface area contributed by atoms with Crippen LogP contribution in [-0.2, 0) is 4.74 Å². The molecule has 0 amide bonds. The second-order valence-electron chi connectivity index (χ2n) is 6.37. The predicted molar refractivity (Wildman–Crippen MR) is 114 cm³/mol. The molecule has 0 radical (unpaired) electrons. The van der Waals surface area contributed by atoms with E-state index in [2.05, 4.69) is 26.1 Å². The van der Waals surface area contributed by atoms with Crippen molar-refractivity contribution in [1.82, 2.24) is 10.2 Å². The van der Waals surface area contributed by atoms with Crippen molar-refractivity contribution in [3.05, 3.63) is 94.5 Å². The summed E-state index contributed by atoms with van der Waals surface area (Å²) in [6.07, 6.45) is 0. The average molecular weight is 463 g/mol. The Bertz CT molecular complexity index is 1190. The van der Waals surface area contributed by atoms with Crippen molar-refractivity contribution in [2.24, 2.45) is 0 Å². The van der Waals surface area contributed by atoms with Crippen LogP contribution in [0.3, 0.4) is 0 Å². The molecule has 148 valence electrons. The van der Waals surface area contributed by atoms with E-state index in [9.17, 15) is 9.59 Å². The number of benzene rings is 3. The third-order valence-electron chi connectivity index (χ3n) is 4.29. The summed E-state index contributed by atoms with van der Waals surface area (Å²) in [6.45, 7) is -0.344. The molecule has 0 atom stereocenters. The lowest BCUT2D eigenvalue weighted by Crippen LogP contribution is -2.14. The first-order valence-electron chi connectivity index (χ1n) is 9.05. The summed E-state index contributed by atoms with van der Waals surface area (Å²) in [5.41, 5.74) is 2.14. The van der Waals surface area contributed by atoms with Crippen LogP contribution in [-0.4, -0.2) is 28.6 Å². The van der Waals surface area contributed by atoms with Gasteiger partial charge in [0.2, 0.25) is 11.8 Å². The van der Waals surface area contributed by atoms with E-state index in [1.165, 1.54) is 0 Å². The fourth-order valence-corrected chi connectivity index (χ4v) is 3.01. The minimum atomic E-state index is -0.606. The summed E-state index contributed by atoms with van der Waals surface area (Å²) in [6, 6.07) is 22.9. The number of ether oxygens (including phenoxy) is 1. The fraction of sp³-hybridized carbons (Fsp3) is 0.0435. The largest absolute Gasteiger partial charge is 0.454 e. The third-order valence-corrected chi connectivity index (χ3v) is 4.82. The van der Waals surface area contributed by atoms with Crippen LogP contribution < -0.4 is 0 Å². The molecule has 0 N–H and O–H groups in total. The highest BCUT2D eigenvalue weighted by atomic mass is 79.9. The Labute approximate surface area is 180 Å². The summed E-state index contributed by atoms with van der Waals surface area (Å²) in [7, 11) is 0. The first kappa shape index (κ1) is 19.7. The van der Waals surface area contributed by atoms with Crippen molar-refractivity contribution in [2.75, 3.05) is 6.61 Å². The number of Topliss-reactive ketones (excluding diaryl/α,β-unsaturated/α-hetero) is 1. The smallest absolute Gasteiger partial charge is 0.338 e. The lowest BCUT2D eigenvalue weighted by molar-refractivity contribution is 0.0475. The molecule has 6 nitrogen and oxygen atoms in total. The van der Waals surface area contributed by atoms with Gasteiger partial charge in [0.05, 0.1) is 5.56 Å². The molecule has 30 heavy (non-hydrogen) atoms. The van der Waals surface area contributed by atoms with Crippen LogP contribution in [0.4, 0.5) is 0 Å². The summed E-state index contributed by atoms with van der Waals surface area (Å²) >= 11 is 3.31. The summed E-state index contributed by atoms with van der Waals surface area (Å²) in [5, 5.41) is 8.11. The number of halogens is 1. The van der Waals surface area contributed by atoms with Crippen molar-refractivity contribution in [1.29, 1.82) is 0 Å². The first-order chi connectivity index (χ1) is 14.6. The van der Waals surface area contributed by atoms with E-state index in [1.54, 1.807) is 48.5 Å². The highest BCUT2D eigenvalue weighted by Gasteiger charge is 2.15. The van der Waals surface area contributed by atoms with Gasteiger partial charge in [-0.2, -0.15) is 0 Å². The van der Waals surface area contributed by atoms with Gasteiger partial charge in [-0.15, -0.1) is 10.2 Å². The van der Waals surface area contributed by atoms with Crippen LogP contribution in [0.2, 0.25) is 0 Å². The lowest BCUT2D eigenvalue weighted by atomic mass is 10.1. The van der Waals surface area contributed by atoms with E-state index in [0.29, 0.717) is 17.0 Å². The topological polar surface area (TPSA) is 82.3 Å². The molecule has 0 saturated carbocycles. The van der Waals surface area contributed by atoms with Crippen LogP contribution in [0, 0.1) is 0 Å². The van der Waals surface area contributed by atoms with E-state index in [1.807, 2.05) is 30.3 Å². The van der Waals surface area contributed by atoms with Gasteiger partial charge in [-0.3, -0.25) is 4.79 Å². The summed E-state index contributed by atoms with van der Waals surface area (Å²) < 4.78 is 11.8. The molecule has 0 unspecified atom stereocenters. The van der Waals surface area contributed by atoms with Crippen LogP contribution >= 0.6 is 15.9 Å². The number of hydrogen-bond acceptors (Lipinski definition) is 6. The van der Waals surface area contributed by atoms with Gasteiger partial charge in [-0.05, 0) is 42.5 Å². The Kier molecular flexibility index (Phi) is 5.81. The minimum Gasteiger partial charge on any atom is -0.454 e. The lowest BCUT2D eigenvalue weighted by Gasteiger charge is -2.05. The molecule has 1 heterocycles. The highest BCUT2D eigenvalue weighted by molar-refractivity contribution is 9.10. The number of esters is 1. The van der Waals surface area contributed by atoms with Gasteiger partial charge < -0.3 is 9.15 Å². The van der Waals surface area contributed by atoms with E-state index >= 15 is 0 Å². The number of rotatable bonds is 6. The fourth-order valence-electron chi connectivity index (χ4n) is 2.75. The van der Waals surface area contributed by atoms with Crippen molar-refractivity contribution in [2.45, 2.75) is 0 Å². The number of ketones is 1. The minimum absolute atomic E-state index is 0.281. The van der Waals surface area contributed by atoms with Crippen LogP contribution in [0.25, 0.3) is 22.9 Å². The second-order valence-corrected chi connectivity index (χ2v) is 7.28. The molecular weight excluding hydrogens is 448 g/mol. The van der Waals surface area contributed by atoms with Crippen molar-refractivity contribution in [3.8, 4) is 22.9 Å². The molecule has 0 fully saturated rings. The molecule has 0 saturated heterocycles. The number of hydrogen-bond donors (Lipinski definition) is 0. The molecule has 0 aliphatic heterocycles. The molecule has 0 aliphatic rings. The SMILES string of the molecule is O=C(COC(=O)c1cccc(-c2nnc(-c3ccccc3)o2)c1)c1ccc(Br)cc1. The zero-order valence-corrected chi connectivity index (χ0v) is 17.2. The summed E-state index contributed by atoms with van der Waals surface area (Å²) in [4.78, 5) is 24.6. The molecule has 4 aromatic rings. The molecule has 0 spiro atoms. The zero-order valence-electron chi connectivity index (χ0n) is 15.6. The van der Waals surface area contributed by atoms with Crippen molar-refractivity contribution in [3.63, 3.8) is 0 Å². The van der Waals surface area contributed by atoms with E-state index < -0.39 is 5.97 Å². The monoisotopic (exact) mass is 462 g/mol. The molecule has 0 aliphatic carbocycles. The normalized spacial score (nSPS) is 10.6. The standard InChI is InChI=1S/C23H15BrN2O4/c24-19-11-9-15(10-12-19)20(27)14-29-23(28)18-8-4-7-17(13-18)22-26-25-21(30-22)16-5-2-1-3-6-16/h1-13H,14H2. The van der Waals surface area contributed by atoms with Gasteiger partial charge in [0, 0.05) is 21.2 Å². The Hall–Kier alpha value is -3.58. The highest BCUT2D eigenvalue weighted by Crippen LogP contribution is 2.24. The van der Waals surface area contributed by atoms with Gasteiger partial charge in [0.1, 0.15) is 0 Å². The Balaban J connectivity index is 1.45. The number of carbonyl (C=O) groups is 2. The maximum atomic E-state index is 12.4. The third kappa shape index (κ3) is 4.52. The van der Waals surface area contributed by atoms with E-state index in [-0.39, 0.29) is 23.8 Å². The number of nitrogens with zero attached hydrogens (tertiary/aromatic N) is 2. The first-order valence-corrected chi connectivity index (χ1v) is 9.85. The predicted octanol–water partition coefficient (Wildman–Crippen LogP) is 5.21. The maximum absolute atomic E-state index is 12.4. The van der Waals surface area contributed by atoms with Gasteiger partial charge in [0.25, 0.3) is 0 Å². The quantitative estimate of drug-likeness (QED) is 0.289. The van der Waals surface area contributed by atoms with Gasteiger partial charge >= 0.3 is 5.97 Å². The zero-order chi connectivity index (χ0) is 20.9. The number of aromatic nitrogens is 2. The van der Waals surface area contributed by atoms with Crippen molar-refractivity contribution < 1.29 is 18.7 Å². The number of carbonyl (C=O) groups excluding carboxylic acids is 2. The van der Waals surface area contributed by atoms with Gasteiger partial charge in [-0.1, -0.05) is 52.3 Å². The van der Waals surface area contributed by atoms with Crippen LogP contribution in [0.15, 0.2) is 87.8 Å². The molecule has 4 rings (SSSR count). The Morgan fingerprint density at radius 2 is 1.47 bits per heavy atom. The van der Waals surface area contributed by atoms with Crippen LogP contribution in [0.5, 0.6) is 0 Å². The Morgan fingerprint density at radius 3 is 2.20 bits per heavy atom. The van der Waals surface area contributed by atoms with Crippen LogP contribution in [0.1, 0.15) is 20.7 Å². The molecule has 3 aromatic carbocycles. The molecule has 7 heteroatoms. The second kappa shape index (κ2) is 8.84. The van der Waals surface area contributed by atoms with E-state index in [0.717, 1.165) is 10.0 Å².